The molecular formula is C9H12FN3O3. The zero-order valence-electron chi connectivity index (χ0n) is 8.41. The maximum Gasteiger partial charge on any atom is 0.351 e. The van der Waals surface area contributed by atoms with Crippen molar-refractivity contribution in [3.63, 3.8) is 0 Å². The second-order valence-corrected chi connectivity index (χ2v) is 3.63. The molecular weight excluding hydrogens is 217 g/mol. The lowest BCUT2D eigenvalue weighted by Crippen LogP contribution is -2.30. The van der Waals surface area contributed by atoms with Gasteiger partial charge in [0.15, 0.2) is 6.23 Å². The van der Waals surface area contributed by atoms with Gasteiger partial charge < -0.3 is 15.6 Å². The average Bonchev–Trinajstić information content (AvgIpc) is 2.60. The molecule has 1 aromatic heterocycles. The lowest BCUT2D eigenvalue weighted by atomic mass is 10.2. The number of alkyl halides is 1. The molecule has 0 radical (unpaired) electrons. The minimum Gasteiger partial charge on any atom is -0.394 e. The Morgan fingerprint density at radius 3 is 3.06 bits per heavy atom. The Balaban J connectivity index is 2.28. The zero-order valence-corrected chi connectivity index (χ0v) is 8.41. The first-order valence-corrected chi connectivity index (χ1v) is 4.87. The molecule has 1 aromatic rings. The van der Waals surface area contributed by atoms with Crippen molar-refractivity contribution in [2.75, 3.05) is 12.3 Å². The van der Waals surface area contributed by atoms with E-state index in [9.17, 15) is 9.18 Å². The summed E-state index contributed by atoms with van der Waals surface area (Å²) in [5.74, 6) is 0.0772. The Morgan fingerprint density at radius 1 is 1.75 bits per heavy atom. The molecule has 0 amide bonds. The van der Waals surface area contributed by atoms with Crippen LogP contribution in [0.15, 0.2) is 17.1 Å². The Bertz CT molecular complexity index is 436. The van der Waals surface area contributed by atoms with E-state index >= 15 is 0 Å². The summed E-state index contributed by atoms with van der Waals surface area (Å²) in [5.41, 5.74) is 4.65. The van der Waals surface area contributed by atoms with Crippen LogP contribution in [0.4, 0.5) is 10.2 Å². The van der Waals surface area contributed by atoms with Gasteiger partial charge in [0.05, 0.1) is 12.7 Å². The Kier molecular flexibility index (Phi) is 2.88. The van der Waals surface area contributed by atoms with Gasteiger partial charge in [-0.05, 0) is 6.07 Å². The highest BCUT2D eigenvalue weighted by molar-refractivity contribution is 5.23. The van der Waals surface area contributed by atoms with Gasteiger partial charge in [-0.2, -0.15) is 4.98 Å². The second-order valence-electron chi connectivity index (χ2n) is 3.63. The third-order valence-electron chi connectivity index (χ3n) is 2.46. The predicted molar refractivity (Wildman–Crippen MR) is 53.4 cm³/mol. The van der Waals surface area contributed by atoms with Crippen molar-refractivity contribution in [1.29, 1.82) is 0 Å². The molecule has 3 atom stereocenters. The number of aromatic nitrogens is 2. The molecule has 6 nitrogen and oxygen atoms in total. The van der Waals surface area contributed by atoms with Crippen LogP contribution < -0.4 is 11.4 Å². The Hall–Kier alpha value is -1.47. The van der Waals surface area contributed by atoms with Gasteiger partial charge in [-0.25, -0.2) is 9.18 Å². The monoisotopic (exact) mass is 229 g/mol. The van der Waals surface area contributed by atoms with Gasteiger partial charge in [-0.1, -0.05) is 0 Å². The van der Waals surface area contributed by atoms with E-state index in [0.717, 1.165) is 4.57 Å². The first-order valence-electron chi connectivity index (χ1n) is 4.87. The van der Waals surface area contributed by atoms with Gasteiger partial charge in [0.2, 0.25) is 0 Å². The average molecular weight is 229 g/mol. The van der Waals surface area contributed by atoms with Gasteiger partial charge in [-0.15, -0.1) is 0 Å². The molecule has 1 saturated heterocycles. The van der Waals surface area contributed by atoms with E-state index in [4.69, 9.17) is 15.6 Å². The molecule has 1 aliphatic rings. The van der Waals surface area contributed by atoms with Crippen LogP contribution in [0.3, 0.4) is 0 Å². The van der Waals surface area contributed by atoms with E-state index < -0.39 is 24.2 Å². The fourth-order valence-corrected chi connectivity index (χ4v) is 1.68. The normalized spacial score (nSPS) is 29.5. The van der Waals surface area contributed by atoms with E-state index in [0.29, 0.717) is 0 Å². The van der Waals surface area contributed by atoms with Gasteiger partial charge in [0.1, 0.15) is 12.0 Å². The van der Waals surface area contributed by atoms with Crippen LogP contribution in [0, 0.1) is 0 Å². The minimum absolute atomic E-state index is 0.0674. The van der Waals surface area contributed by atoms with E-state index in [1.807, 2.05) is 0 Å². The van der Waals surface area contributed by atoms with Crippen LogP contribution in [-0.4, -0.2) is 33.5 Å². The summed E-state index contributed by atoms with van der Waals surface area (Å²) in [7, 11) is 0. The SMILES string of the molecule is Nc1ccn([C@H]2O[C@@H](CO)C[C@H]2F)c(=O)n1. The van der Waals surface area contributed by atoms with Crippen LogP contribution in [0.25, 0.3) is 0 Å². The highest BCUT2D eigenvalue weighted by atomic mass is 19.1. The number of halogens is 1. The van der Waals surface area contributed by atoms with Crippen LogP contribution in [0.5, 0.6) is 0 Å². The largest absolute Gasteiger partial charge is 0.394 e. The number of ether oxygens (including phenoxy) is 1. The van der Waals surface area contributed by atoms with Crippen LogP contribution >= 0.6 is 0 Å². The summed E-state index contributed by atoms with van der Waals surface area (Å²) in [5, 5.41) is 8.85. The van der Waals surface area contributed by atoms with E-state index in [-0.39, 0.29) is 18.8 Å². The summed E-state index contributed by atoms with van der Waals surface area (Å²) in [6.07, 6.45) is -1.54. The van der Waals surface area contributed by atoms with Crippen molar-refractivity contribution in [1.82, 2.24) is 9.55 Å². The topological polar surface area (TPSA) is 90.4 Å². The maximum atomic E-state index is 13.5. The first-order chi connectivity index (χ1) is 7.61. The molecule has 1 aliphatic heterocycles. The summed E-state index contributed by atoms with van der Waals surface area (Å²) >= 11 is 0. The van der Waals surface area contributed by atoms with Gasteiger partial charge in [0.25, 0.3) is 0 Å². The second kappa shape index (κ2) is 4.18. The van der Waals surface area contributed by atoms with E-state index in [1.54, 1.807) is 0 Å². The third-order valence-corrected chi connectivity index (χ3v) is 2.46. The summed E-state index contributed by atoms with van der Waals surface area (Å²) in [6, 6.07) is 1.39. The Labute approximate surface area is 90.5 Å². The smallest absolute Gasteiger partial charge is 0.351 e. The van der Waals surface area contributed by atoms with Crippen LogP contribution in [0.2, 0.25) is 0 Å². The molecule has 88 valence electrons. The predicted octanol–water partition coefficient (Wildman–Crippen LogP) is -0.557. The molecule has 1 fully saturated rings. The number of hydrogen-bond donors (Lipinski definition) is 2. The third kappa shape index (κ3) is 1.91. The molecule has 0 bridgehead atoms. The summed E-state index contributed by atoms with van der Waals surface area (Å²) in [6.45, 7) is -0.270. The lowest BCUT2D eigenvalue weighted by Gasteiger charge is -2.15. The number of nitrogen functional groups attached to an aromatic ring is 1. The van der Waals surface area contributed by atoms with Crippen LogP contribution in [0.1, 0.15) is 12.6 Å². The van der Waals surface area contributed by atoms with Crippen molar-refractivity contribution >= 4 is 5.82 Å². The van der Waals surface area contributed by atoms with Crippen molar-refractivity contribution in [3.8, 4) is 0 Å². The van der Waals surface area contributed by atoms with Crippen LogP contribution in [-0.2, 0) is 4.74 Å². The molecule has 16 heavy (non-hydrogen) atoms. The van der Waals surface area contributed by atoms with Crippen molar-refractivity contribution < 1.29 is 14.2 Å². The molecule has 0 saturated carbocycles. The van der Waals surface area contributed by atoms with Crippen molar-refractivity contribution in [2.45, 2.75) is 24.9 Å². The molecule has 2 heterocycles. The highest BCUT2D eigenvalue weighted by Gasteiger charge is 2.36. The molecule has 0 spiro atoms. The quantitative estimate of drug-likeness (QED) is 0.709. The Morgan fingerprint density at radius 2 is 2.50 bits per heavy atom. The number of rotatable bonds is 2. The lowest BCUT2D eigenvalue weighted by molar-refractivity contribution is -0.0393. The van der Waals surface area contributed by atoms with Gasteiger partial charge in [-0.3, -0.25) is 4.57 Å². The first kappa shape index (κ1) is 11.0. The maximum absolute atomic E-state index is 13.5. The number of aliphatic hydroxyl groups is 1. The zero-order chi connectivity index (χ0) is 11.7. The van der Waals surface area contributed by atoms with E-state index in [1.165, 1.54) is 12.3 Å². The van der Waals surface area contributed by atoms with Crippen molar-refractivity contribution in [3.05, 3.63) is 22.7 Å². The minimum atomic E-state index is -1.33. The summed E-state index contributed by atoms with van der Waals surface area (Å²) < 4.78 is 19.8. The molecule has 7 heteroatoms. The fraction of sp³-hybridized carbons (Fsp3) is 0.556. The highest BCUT2D eigenvalue weighted by Crippen LogP contribution is 2.29. The molecule has 0 aromatic carbocycles. The number of aliphatic hydroxyl groups excluding tert-OH is 1. The molecule has 3 N–H and O–H groups in total. The number of nitrogens with two attached hydrogens (primary N) is 1. The van der Waals surface area contributed by atoms with Crippen molar-refractivity contribution in [2.24, 2.45) is 0 Å². The number of nitrogens with zero attached hydrogens (tertiary/aromatic N) is 2. The number of hydrogen-bond acceptors (Lipinski definition) is 5. The van der Waals surface area contributed by atoms with Gasteiger partial charge in [0, 0.05) is 12.6 Å². The van der Waals surface area contributed by atoms with Gasteiger partial charge >= 0.3 is 5.69 Å². The molecule has 2 rings (SSSR count). The standard InChI is InChI=1S/C9H12FN3O3/c10-6-3-5(4-14)16-8(6)13-2-1-7(11)12-9(13)15/h1-2,5-6,8,14H,3-4H2,(H2,11,12,15)/t5-,6-,8+/m1/s1. The van der Waals surface area contributed by atoms with E-state index in [2.05, 4.69) is 4.98 Å². The molecule has 0 aliphatic carbocycles. The summed E-state index contributed by atoms with van der Waals surface area (Å²) in [4.78, 5) is 14.9. The number of anilines is 1. The molecule has 0 unspecified atom stereocenters. The fourth-order valence-electron chi connectivity index (χ4n) is 1.68.